The summed E-state index contributed by atoms with van der Waals surface area (Å²) in [6, 6.07) is 2.46. The van der Waals surface area contributed by atoms with Gasteiger partial charge in [-0.1, -0.05) is 19.6 Å². The molecule has 0 saturated heterocycles. The number of fused-ring (bicyclic) bond motifs is 3. The number of carbonyl (C=O) groups is 2. The van der Waals surface area contributed by atoms with Crippen molar-refractivity contribution in [2.45, 2.75) is 103 Å². The van der Waals surface area contributed by atoms with E-state index in [0.29, 0.717) is 53.9 Å². The van der Waals surface area contributed by atoms with Crippen LogP contribution in [0.5, 0.6) is 0 Å². The first-order valence-corrected chi connectivity index (χ1v) is 19.5. The largest absolute Gasteiger partial charge is 0.444 e. The lowest BCUT2D eigenvalue weighted by Gasteiger charge is -2.45. The zero-order valence-corrected chi connectivity index (χ0v) is 28.8. The van der Waals surface area contributed by atoms with E-state index in [0.717, 1.165) is 10.9 Å². The molecular weight excluding hydrogens is 648 g/mol. The molecule has 9 nitrogen and oxygen atoms in total. The Labute approximate surface area is 272 Å². The summed E-state index contributed by atoms with van der Waals surface area (Å²) in [5, 5.41) is 0.611. The van der Waals surface area contributed by atoms with Gasteiger partial charge in [-0.25, -0.2) is 9.78 Å². The van der Waals surface area contributed by atoms with Crippen molar-refractivity contribution in [1.82, 2.24) is 19.4 Å². The quantitative estimate of drug-likeness (QED) is 0.146. The maximum Gasteiger partial charge on any atom is 0.410 e. The number of anilines is 1. The van der Waals surface area contributed by atoms with Crippen LogP contribution in [0.4, 0.5) is 36.8 Å². The number of ether oxygens (including phenoxy) is 2. The normalized spacial score (nSPS) is 19.7. The monoisotopic (exact) mass is 693 g/mol. The van der Waals surface area contributed by atoms with Crippen molar-refractivity contribution in [1.29, 1.82) is 0 Å². The molecule has 47 heavy (non-hydrogen) atoms. The van der Waals surface area contributed by atoms with E-state index < -0.39 is 51.1 Å². The molecule has 0 unspecified atom stereocenters. The molecule has 0 atom stereocenters. The second kappa shape index (κ2) is 13.8. The van der Waals surface area contributed by atoms with Crippen LogP contribution in [-0.2, 0) is 16.2 Å². The van der Waals surface area contributed by atoms with E-state index in [9.17, 15) is 35.9 Å². The molecular formula is C31H45F6N5O4Si. The molecule has 264 valence electrons. The Balaban J connectivity index is 1.56. The van der Waals surface area contributed by atoms with Gasteiger partial charge in [-0.2, -0.15) is 26.3 Å². The number of aromatic nitrogens is 2. The van der Waals surface area contributed by atoms with Crippen LogP contribution in [0.15, 0.2) is 18.5 Å². The summed E-state index contributed by atoms with van der Waals surface area (Å²) in [4.78, 5) is 33.7. The Morgan fingerprint density at radius 2 is 1.70 bits per heavy atom. The molecule has 1 saturated carbocycles. The first-order valence-electron chi connectivity index (χ1n) is 15.8. The lowest BCUT2D eigenvalue weighted by Crippen LogP contribution is -2.54. The van der Waals surface area contributed by atoms with Crippen LogP contribution in [0.25, 0.3) is 11.0 Å². The fourth-order valence-electron chi connectivity index (χ4n) is 6.06. The molecule has 0 spiro atoms. The van der Waals surface area contributed by atoms with Gasteiger partial charge in [0.05, 0.1) is 17.9 Å². The third-order valence-electron chi connectivity index (χ3n) is 8.24. The summed E-state index contributed by atoms with van der Waals surface area (Å²) in [7, 11) is -1.31. The molecule has 0 aromatic carbocycles. The highest BCUT2D eigenvalue weighted by molar-refractivity contribution is 6.76. The zero-order valence-electron chi connectivity index (χ0n) is 27.8. The SMILES string of the molecule is CC(C)(C)OC(=O)N(CC1CCC(N2CN(CC(F)(F)F)C(=O)c3cnc4c(ccn4COCC[Si](C)(C)C)c32)CC1)CC(F)(F)F. The van der Waals surface area contributed by atoms with Gasteiger partial charge >= 0.3 is 18.4 Å². The van der Waals surface area contributed by atoms with Crippen molar-refractivity contribution in [2.75, 3.05) is 37.8 Å². The van der Waals surface area contributed by atoms with E-state index in [4.69, 9.17) is 9.47 Å². The molecule has 2 aromatic rings. The van der Waals surface area contributed by atoms with Gasteiger partial charge in [0.1, 0.15) is 31.1 Å². The maximum atomic E-state index is 13.5. The fraction of sp³-hybridized carbons (Fsp3) is 0.710. The summed E-state index contributed by atoms with van der Waals surface area (Å²) < 4.78 is 93.6. The predicted molar refractivity (Wildman–Crippen MR) is 168 cm³/mol. The summed E-state index contributed by atoms with van der Waals surface area (Å²) in [6.45, 7) is 8.94. The van der Waals surface area contributed by atoms with Crippen LogP contribution in [0.2, 0.25) is 25.7 Å². The smallest absolute Gasteiger partial charge is 0.410 e. The van der Waals surface area contributed by atoms with E-state index in [1.807, 2.05) is 0 Å². The van der Waals surface area contributed by atoms with Gasteiger partial charge in [0.25, 0.3) is 5.91 Å². The summed E-state index contributed by atoms with van der Waals surface area (Å²) in [6.07, 6.45) is -5.44. The van der Waals surface area contributed by atoms with Crippen LogP contribution in [-0.4, -0.2) is 96.3 Å². The van der Waals surface area contributed by atoms with Gasteiger partial charge in [-0.15, -0.1) is 0 Å². The van der Waals surface area contributed by atoms with E-state index in [1.165, 1.54) is 6.20 Å². The minimum absolute atomic E-state index is 0.0637. The summed E-state index contributed by atoms with van der Waals surface area (Å²) >= 11 is 0. The Bertz CT molecular complexity index is 1410. The summed E-state index contributed by atoms with van der Waals surface area (Å²) in [5.41, 5.74) is 0.121. The van der Waals surface area contributed by atoms with E-state index in [2.05, 4.69) is 24.6 Å². The Hall–Kier alpha value is -3.01. The van der Waals surface area contributed by atoms with Gasteiger partial charge in [0, 0.05) is 45.0 Å². The average Bonchev–Trinajstić information content (AvgIpc) is 3.33. The van der Waals surface area contributed by atoms with Crippen molar-refractivity contribution >= 4 is 36.8 Å². The second-order valence-electron chi connectivity index (χ2n) is 14.8. The van der Waals surface area contributed by atoms with E-state index in [-0.39, 0.29) is 37.5 Å². The number of carbonyl (C=O) groups excluding carboxylic acids is 2. The lowest BCUT2D eigenvalue weighted by molar-refractivity contribution is -0.146. The number of alkyl halides is 6. The summed E-state index contributed by atoms with van der Waals surface area (Å²) in [5.74, 6) is -1.04. The average molecular weight is 694 g/mol. The van der Waals surface area contributed by atoms with Crippen LogP contribution in [0, 0.1) is 5.92 Å². The van der Waals surface area contributed by atoms with Crippen molar-refractivity contribution in [3.63, 3.8) is 0 Å². The number of nitrogens with zero attached hydrogens (tertiary/aromatic N) is 5. The van der Waals surface area contributed by atoms with E-state index in [1.54, 1.807) is 42.5 Å². The minimum atomic E-state index is -4.62. The molecule has 1 fully saturated rings. The molecule has 0 bridgehead atoms. The Kier molecular flexibility index (Phi) is 10.8. The molecule has 1 aliphatic heterocycles. The lowest BCUT2D eigenvalue weighted by atomic mass is 9.84. The number of pyridine rings is 1. The van der Waals surface area contributed by atoms with Crippen molar-refractivity contribution in [2.24, 2.45) is 5.92 Å². The van der Waals surface area contributed by atoms with Crippen molar-refractivity contribution in [3.05, 3.63) is 24.0 Å². The topological polar surface area (TPSA) is 80.1 Å². The van der Waals surface area contributed by atoms with Gasteiger partial charge in [0.15, 0.2) is 0 Å². The molecule has 0 N–H and O–H groups in total. The molecule has 2 aliphatic rings. The third kappa shape index (κ3) is 10.2. The van der Waals surface area contributed by atoms with Gasteiger partial charge in [-0.05, 0) is 64.5 Å². The minimum Gasteiger partial charge on any atom is -0.444 e. The molecule has 4 rings (SSSR count). The third-order valence-corrected chi connectivity index (χ3v) is 9.95. The second-order valence-corrected chi connectivity index (χ2v) is 20.4. The molecule has 2 amide bonds. The highest BCUT2D eigenvalue weighted by atomic mass is 28.3. The van der Waals surface area contributed by atoms with Crippen LogP contribution in [0.1, 0.15) is 56.8 Å². The maximum absolute atomic E-state index is 13.5. The Morgan fingerprint density at radius 1 is 1.04 bits per heavy atom. The number of hydrogen-bond acceptors (Lipinski definition) is 6. The molecule has 2 aromatic heterocycles. The highest BCUT2D eigenvalue weighted by Gasteiger charge is 2.42. The number of amides is 2. The van der Waals surface area contributed by atoms with Gasteiger partial charge in [-0.3, -0.25) is 9.69 Å². The van der Waals surface area contributed by atoms with Gasteiger partial charge < -0.3 is 23.8 Å². The van der Waals surface area contributed by atoms with Crippen LogP contribution >= 0.6 is 0 Å². The first kappa shape index (κ1) is 36.8. The van der Waals surface area contributed by atoms with Crippen LogP contribution < -0.4 is 4.90 Å². The fourth-order valence-corrected chi connectivity index (χ4v) is 6.82. The molecule has 0 radical (unpaired) electrons. The first-order chi connectivity index (χ1) is 21.6. The van der Waals surface area contributed by atoms with Crippen molar-refractivity contribution in [3.8, 4) is 0 Å². The van der Waals surface area contributed by atoms with E-state index >= 15 is 0 Å². The number of hydrogen-bond donors (Lipinski definition) is 0. The van der Waals surface area contributed by atoms with Crippen LogP contribution in [0.3, 0.4) is 0 Å². The standard InChI is InChI=1S/C31H45F6N5O4Si/c1-29(2,3)46-28(44)40(17-30(32,33)34)16-21-7-9-22(10-8-21)42-19-41(18-31(35,36)37)27(43)24-15-38-26-23(25(24)42)11-12-39(26)20-45-13-14-47(4,5)6/h11-12,15,21-22H,7-10,13-14,16-20H2,1-6H3. The predicted octanol–water partition coefficient (Wildman–Crippen LogP) is 7.49. The van der Waals surface area contributed by atoms with Gasteiger partial charge in [0.2, 0.25) is 0 Å². The molecule has 3 heterocycles. The highest BCUT2D eigenvalue weighted by Crippen LogP contribution is 2.40. The zero-order chi connectivity index (χ0) is 34.9. The van der Waals surface area contributed by atoms with Crippen molar-refractivity contribution < 1.29 is 45.4 Å². The number of halogens is 6. The number of rotatable bonds is 10. The molecule has 1 aliphatic carbocycles. The molecule has 16 heteroatoms. The Morgan fingerprint density at radius 3 is 2.28 bits per heavy atom.